The molecule has 230 valence electrons. The molecule has 1 aliphatic rings. The van der Waals surface area contributed by atoms with Gasteiger partial charge in [-0.1, -0.05) is 24.3 Å². The zero-order valence-electron chi connectivity index (χ0n) is 22.9. The first-order valence-electron chi connectivity index (χ1n) is 13.3. The third-order valence-corrected chi connectivity index (χ3v) is 6.84. The first-order valence-corrected chi connectivity index (χ1v) is 13.3. The molecule has 1 amide bonds. The number of halogens is 6. The lowest BCUT2D eigenvalue weighted by Crippen LogP contribution is -2.16. The molecule has 0 spiro atoms. The van der Waals surface area contributed by atoms with E-state index in [1.54, 1.807) is 30.3 Å². The molecule has 2 N–H and O–H groups in total. The number of ketones is 2. The summed E-state index contributed by atoms with van der Waals surface area (Å²) in [5.41, 5.74) is 0.718. The molecule has 6 nitrogen and oxygen atoms in total. The van der Waals surface area contributed by atoms with Crippen molar-refractivity contribution in [1.29, 1.82) is 0 Å². The van der Waals surface area contributed by atoms with Crippen molar-refractivity contribution < 1.29 is 50.7 Å². The van der Waals surface area contributed by atoms with Gasteiger partial charge in [0.15, 0.2) is 11.6 Å². The van der Waals surface area contributed by atoms with Crippen LogP contribution in [0.3, 0.4) is 0 Å². The summed E-state index contributed by atoms with van der Waals surface area (Å²) in [5.74, 6) is -1.01. The molecule has 0 aliphatic heterocycles. The van der Waals surface area contributed by atoms with Crippen LogP contribution in [0, 0.1) is 0 Å². The lowest BCUT2D eigenvalue weighted by atomic mass is 9.85. The number of benzene rings is 3. The zero-order chi connectivity index (χ0) is 32.1. The van der Waals surface area contributed by atoms with Crippen molar-refractivity contribution in [3.8, 4) is 5.75 Å². The third-order valence-electron chi connectivity index (χ3n) is 6.84. The Labute approximate surface area is 247 Å². The molecule has 0 bridgehead atoms. The second-order valence-electron chi connectivity index (χ2n) is 10.0. The number of hydrogen-bond acceptors (Lipinski definition) is 5. The monoisotopic (exact) mass is 617 g/mol. The summed E-state index contributed by atoms with van der Waals surface area (Å²) in [7, 11) is 0. The summed E-state index contributed by atoms with van der Waals surface area (Å²) >= 11 is 0. The summed E-state index contributed by atoms with van der Waals surface area (Å²) in [6, 6.07) is 12.8. The SMILES string of the molecule is O=C(CCc1ccc(/C=C/C(=O)NO)cc1)COc1ccc2c(c1)CC/C(=C\c1cc(C(F)(F)F)cc(C(F)(F)F)c1)C2=O. The Morgan fingerprint density at radius 3 is 2.14 bits per heavy atom. The molecule has 0 atom stereocenters. The van der Waals surface area contributed by atoms with Gasteiger partial charge in [-0.05, 0) is 90.1 Å². The normalized spacial score (nSPS) is 14.5. The minimum absolute atomic E-state index is 0.0351. The first kappa shape index (κ1) is 32.2. The number of aryl methyl sites for hydroxylation is 2. The second-order valence-corrected chi connectivity index (χ2v) is 10.0. The summed E-state index contributed by atoms with van der Waals surface area (Å²) in [6.07, 6.45) is -5.23. The van der Waals surface area contributed by atoms with E-state index >= 15 is 0 Å². The van der Waals surface area contributed by atoms with E-state index in [0.29, 0.717) is 36.3 Å². The van der Waals surface area contributed by atoms with Crippen LogP contribution in [0.2, 0.25) is 0 Å². The molecule has 44 heavy (non-hydrogen) atoms. The molecule has 0 radical (unpaired) electrons. The largest absolute Gasteiger partial charge is 0.486 e. The van der Waals surface area contributed by atoms with Crippen molar-refractivity contribution in [2.75, 3.05) is 6.61 Å². The number of carbonyl (C=O) groups is 3. The Bertz CT molecular complexity index is 1590. The van der Waals surface area contributed by atoms with Crippen LogP contribution in [0.5, 0.6) is 5.75 Å². The highest BCUT2D eigenvalue weighted by Gasteiger charge is 2.37. The van der Waals surface area contributed by atoms with Crippen LogP contribution in [-0.4, -0.2) is 29.3 Å². The van der Waals surface area contributed by atoms with E-state index in [0.717, 1.165) is 17.2 Å². The fraction of sp³-hybridized carbons (Fsp3) is 0.219. The van der Waals surface area contributed by atoms with Gasteiger partial charge in [0.2, 0.25) is 0 Å². The molecular formula is C32H25F6NO5. The molecule has 3 aromatic carbocycles. The van der Waals surface area contributed by atoms with E-state index < -0.39 is 35.2 Å². The average molecular weight is 618 g/mol. The molecule has 0 saturated heterocycles. The number of amides is 1. The van der Waals surface area contributed by atoms with Gasteiger partial charge in [0.05, 0.1) is 11.1 Å². The molecule has 0 unspecified atom stereocenters. The maximum absolute atomic E-state index is 13.2. The van der Waals surface area contributed by atoms with Crippen LogP contribution in [0.1, 0.15) is 56.6 Å². The van der Waals surface area contributed by atoms with Gasteiger partial charge in [0, 0.05) is 23.6 Å². The van der Waals surface area contributed by atoms with E-state index in [9.17, 15) is 40.7 Å². The van der Waals surface area contributed by atoms with Gasteiger partial charge >= 0.3 is 12.4 Å². The molecule has 4 rings (SSSR count). The third kappa shape index (κ3) is 8.44. The molecule has 0 fully saturated rings. The molecule has 1 aliphatic carbocycles. The van der Waals surface area contributed by atoms with E-state index in [-0.39, 0.29) is 48.0 Å². The van der Waals surface area contributed by atoms with Crippen molar-refractivity contribution in [3.63, 3.8) is 0 Å². The average Bonchev–Trinajstić information content (AvgIpc) is 2.98. The number of alkyl halides is 6. The fourth-order valence-electron chi connectivity index (χ4n) is 4.57. The zero-order valence-corrected chi connectivity index (χ0v) is 22.9. The molecule has 0 heterocycles. The number of fused-ring (bicyclic) bond motifs is 1. The van der Waals surface area contributed by atoms with Gasteiger partial charge in [-0.15, -0.1) is 0 Å². The maximum Gasteiger partial charge on any atom is 0.416 e. The Morgan fingerprint density at radius 1 is 0.864 bits per heavy atom. The summed E-state index contributed by atoms with van der Waals surface area (Å²) in [5, 5.41) is 8.50. The molecule has 3 aromatic rings. The van der Waals surface area contributed by atoms with Crippen molar-refractivity contribution in [3.05, 3.63) is 111 Å². The van der Waals surface area contributed by atoms with Gasteiger partial charge < -0.3 is 4.74 Å². The second kappa shape index (κ2) is 13.3. The highest BCUT2D eigenvalue weighted by Crippen LogP contribution is 2.37. The number of Topliss-reactive ketones (excluding diaryl/α,β-unsaturated/α-hetero) is 2. The molecular weight excluding hydrogens is 592 g/mol. The predicted molar refractivity (Wildman–Crippen MR) is 148 cm³/mol. The van der Waals surface area contributed by atoms with Crippen LogP contribution in [-0.2, 0) is 34.8 Å². The summed E-state index contributed by atoms with van der Waals surface area (Å²) < 4.78 is 84.9. The first-order chi connectivity index (χ1) is 20.7. The number of allylic oxidation sites excluding steroid dienone is 1. The van der Waals surface area contributed by atoms with Crippen molar-refractivity contribution in [1.82, 2.24) is 5.48 Å². The Kier molecular flexibility index (Phi) is 9.73. The quantitative estimate of drug-likeness (QED) is 0.116. The number of nitrogens with one attached hydrogen (secondary N) is 1. The Hall–Kier alpha value is -4.71. The standard InChI is InChI=1S/C32H25F6NO5/c33-31(34,35)24-14-21(15-25(17-24)32(36,37)38)13-23-8-7-22-16-27(10-11-28(22)30(23)42)44-18-26(40)9-5-19-1-3-20(4-2-19)6-12-29(41)39-43/h1-4,6,10-17,43H,5,7-9,18H2,(H,39,41)/b12-6+,23-13+. The molecule has 0 saturated carbocycles. The van der Waals surface area contributed by atoms with Crippen molar-refractivity contribution in [2.45, 2.75) is 38.0 Å². The Balaban J connectivity index is 1.37. The number of carbonyl (C=O) groups excluding carboxylic acids is 3. The van der Waals surface area contributed by atoms with Crippen molar-refractivity contribution in [2.24, 2.45) is 0 Å². The minimum atomic E-state index is -5.00. The van der Waals surface area contributed by atoms with Gasteiger partial charge in [-0.25, -0.2) is 5.48 Å². The highest BCUT2D eigenvalue weighted by atomic mass is 19.4. The van der Waals surface area contributed by atoms with Gasteiger partial charge in [-0.3, -0.25) is 19.6 Å². The highest BCUT2D eigenvalue weighted by molar-refractivity contribution is 6.13. The van der Waals surface area contributed by atoms with Crippen LogP contribution in [0.4, 0.5) is 26.3 Å². The van der Waals surface area contributed by atoms with E-state index in [2.05, 4.69) is 0 Å². The van der Waals surface area contributed by atoms with E-state index in [4.69, 9.17) is 9.94 Å². The van der Waals surface area contributed by atoms with Crippen LogP contribution >= 0.6 is 0 Å². The van der Waals surface area contributed by atoms with E-state index in [1.807, 2.05) is 0 Å². The van der Waals surface area contributed by atoms with Gasteiger partial charge in [0.1, 0.15) is 12.4 Å². The number of hydrogen-bond donors (Lipinski definition) is 2. The van der Waals surface area contributed by atoms with Crippen LogP contribution in [0.15, 0.2) is 72.3 Å². The fourth-order valence-corrected chi connectivity index (χ4v) is 4.57. The summed E-state index contributed by atoms with van der Waals surface area (Å²) in [4.78, 5) is 36.5. The number of ether oxygens (including phenoxy) is 1. The smallest absolute Gasteiger partial charge is 0.416 e. The Morgan fingerprint density at radius 2 is 1.52 bits per heavy atom. The number of rotatable bonds is 9. The van der Waals surface area contributed by atoms with Crippen molar-refractivity contribution >= 4 is 29.6 Å². The van der Waals surface area contributed by atoms with Gasteiger partial charge in [-0.2, -0.15) is 26.3 Å². The lowest BCUT2D eigenvalue weighted by Gasteiger charge is -2.19. The van der Waals surface area contributed by atoms with Gasteiger partial charge in [0.25, 0.3) is 5.91 Å². The maximum atomic E-state index is 13.2. The summed E-state index contributed by atoms with van der Waals surface area (Å²) in [6.45, 7) is -0.216. The predicted octanol–water partition coefficient (Wildman–Crippen LogP) is 7.04. The minimum Gasteiger partial charge on any atom is -0.486 e. The topological polar surface area (TPSA) is 92.7 Å². The number of hydroxylamine groups is 1. The molecule has 12 heteroatoms. The van der Waals surface area contributed by atoms with E-state index in [1.165, 1.54) is 29.8 Å². The van der Waals surface area contributed by atoms with Crippen LogP contribution in [0.25, 0.3) is 12.2 Å². The lowest BCUT2D eigenvalue weighted by molar-refractivity contribution is -0.143. The van der Waals surface area contributed by atoms with Crippen LogP contribution < -0.4 is 10.2 Å². The molecule has 0 aromatic heterocycles.